The average molecular weight is 732 g/mol. The Morgan fingerprint density at radius 3 is 1.92 bits per heavy atom. The molecule has 3 unspecified atom stereocenters. The van der Waals surface area contributed by atoms with E-state index in [4.69, 9.17) is 4.74 Å². The second-order valence-corrected chi connectivity index (χ2v) is 14.3. The zero-order valence-corrected chi connectivity index (χ0v) is 31.6. The van der Waals surface area contributed by atoms with Crippen LogP contribution in [0.4, 0.5) is 0 Å². The van der Waals surface area contributed by atoms with Gasteiger partial charge in [0.1, 0.15) is 36.3 Å². The van der Waals surface area contributed by atoms with E-state index in [2.05, 4.69) is 33.5 Å². The third-order valence-electron chi connectivity index (χ3n) is 9.24. The van der Waals surface area contributed by atoms with Crippen LogP contribution in [0.1, 0.15) is 105 Å². The molecule has 292 valence electrons. The van der Waals surface area contributed by atoms with E-state index in [1.54, 1.807) is 37.3 Å². The van der Waals surface area contributed by atoms with Gasteiger partial charge in [-0.25, -0.2) is 4.79 Å². The van der Waals surface area contributed by atoms with E-state index >= 15 is 0 Å². The molecular formula is C38H61N5O9. The molecule has 52 heavy (non-hydrogen) atoms. The van der Waals surface area contributed by atoms with Gasteiger partial charge in [0.2, 0.25) is 29.5 Å². The summed E-state index contributed by atoms with van der Waals surface area (Å²) in [5, 5.41) is 33.6. The van der Waals surface area contributed by atoms with Crippen molar-refractivity contribution in [3.8, 4) is 0 Å². The number of unbranched alkanes of at least 4 members (excludes halogenated alkanes) is 4. The molecule has 8 atom stereocenters. The molecule has 1 aliphatic rings. The van der Waals surface area contributed by atoms with E-state index in [0.717, 1.165) is 25.7 Å². The van der Waals surface area contributed by atoms with Gasteiger partial charge in [-0.15, -0.1) is 0 Å². The van der Waals surface area contributed by atoms with Crippen molar-refractivity contribution < 1.29 is 43.7 Å². The van der Waals surface area contributed by atoms with E-state index < -0.39 is 90.4 Å². The van der Waals surface area contributed by atoms with Crippen LogP contribution in [-0.4, -0.2) is 94.7 Å². The van der Waals surface area contributed by atoms with Crippen molar-refractivity contribution in [2.75, 3.05) is 6.61 Å². The first-order valence-electron chi connectivity index (χ1n) is 18.7. The van der Waals surface area contributed by atoms with Crippen LogP contribution in [0, 0.1) is 11.8 Å². The van der Waals surface area contributed by atoms with Crippen LogP contribution in [-0.2, 0) is 39.9 Å². The fourth-order valence-corrected chi connectivity index (χ4v) is 5.95. The number of carbonyl (C=O) groups is 6. The number of hydrogen-bond donors (Lipinski definition) is 7. The number of rotatable bonds is 14. The summed E-state index contributed by atoms with van der Waals surface area (Å²) >= 11 is 0. The highest BCUT2D eigenvalue weighted by Gasteiger charge is 2.36. The molecule has 0 aromatic heterocycles. The highest BCUT2D eigenvalue weighted by Crippen LogP contribution is 2.18. The number of nitrogens with one attached hydrogen (secondary N) is 5. The molecule has 5 amide bonds. The summed E-state index contributed by atoms with van der Waals surface area (Å²) in [6.45, 7) is 9.86. The molecule has 7 N–H and O–H groups in total. The number of cyclic esters (lactones) is 1. The standard InChI is InChI=1S/C38H61N5O9/c1-7-9-10-11-15-18-27-21-31(46)39-28(19-23(3)4)34(47)41-30(22-44)36(49)43-33(25(6)45)37(50)40-29(20-26-16-13-12-14-17-26)35(48)42-32(24(5)8-2)38(51)52-27/h12-14,16-17,23-25,27-30,32-33,44-45H,7-11,15,18-22H2,1-6H3,(H,39,46)(H,40,50)(H,41,47)(H,42,48)(H,43,49)/t24-,25+,27?,28+,29?,30?,32-,33-/m0/s1. The van der Waals surface area contributed by atoms with E-state index in [1.165, 1.54) is 6.92 Å². The molecule has 14 heteroatoms. The van der Waals surface area contributed by atoms with Gasteiger partial charge < -0.3 is 41.5 Å². The van der Waals surface area contributed by atoms with Crippen LogP contribution >= 0.6 is 0 Å². The summed E-state index contributed by atoms with van der Waals surface area (Å²) < 4.78 is 5.97. The maximum Gasteiger partial charge on any atom is 0.329 e. The molecule has 0 aliphatic carbocycles. The van der Waals surface area contributed by atoms with Crippen LogP contribution < -0.4 is 26.6 Å². The van der Waals surface area contributed by atoms with E-state index in [-0.39, 0.29) is 25.2 Å². The number of ether oxygens (including phenoxy) is 1. The maximum absolute atomic E-state index is 14.0. The Labute approximate surface area is 308 Å². The summed E-state index contributed by atoms with van der Waals surface area (Å²) in [7, 11) is 0. The minimum atomic E-state index is -1.59. The second kappa shape index (κ2) is 22.8. The van der Waals surface area contributed by atoms with Gasteiger partial charge in [0.05, 0.1) is 19.1 Å². The fraction of sp³-hybridized carbons (Fsp3) is 0.684. The summed E-state index contributed by atoms with van der Waals surface area (Å²) in [6.07, 6.45) is 3.15. The third kappa shape index (κ3) is 14.9. The molecule has 0 radical (unpaired) electrons. The molecule has 0 spiro atoms. The van der Waals surface area contributed by atoms with Crippen molar-refractivity contribution in [1.29, 1.82) is 0 Å². The first-order chi connectivity index (χ1) is 24.7. The minimum Gasteiger partial charge on any atom is -0.460 e. The fourth-order valence-electron chi connectivity index (χ4n) is 5.95. The van der Waals surface area contributed by atoms with Gasteiger partial charge in [0.25, 0.3) is 0 Å². The predicted molar refractivity (Wildman–Crippen MR) is 195 cm³/mol. The molecule has 0 bridgehead atoms. The molecule has 1 saturated heterocycles. The number of benzene rings is 1. The molecular weight excluding hydrogens is 670 g/mol. The largest absolute Gasteiger partial charge is 0.460 e. The molecule has 1 aliphatic heterocycles. The smallest absolute Gasteiger partial charge is 0.329 e. The van der Waals surface area contributed by atoms with E-state index in [0.29, 0.717) is 24.8 Å². The molecule has 14 nitrogen and oxygen atoms in total. The molecule has 1 aromatic rings. The summed E-state index contributed by atoms with van der Waals surface area (Å²) in [6, 6.07) is 2.26. The van der Waals surface area contributed by atoms with Crippen molar-refractivity contribution >= 4 is 35.5 Å². The number of aliphatic hydroxyl groups excluding tert-OH is 2. The Morgan fingerprint density at radius 1 is 0.731 bits per heavy atom. The number of aliphatic hydroxyl groups is 2. The Balaban J connectivity index is 2.60. The molecule has 0 saturated carbocycles. The van der Waals surface area contributed by atoms with Crippen LogP contribution in [0.25, 0.3) is 0 Å². The first kappa shape index (κ1) is 44.1. The quantitative estimate of drug-likeness (QED) is 0.110. The maximum atomic E-state index is 14.0. The summed E-state index contributed by atoms with van der Waals surface area (Å²) in [4.78, 5) is 81.7. The minimum absolute atomic E-state index is 0.00822. The molecule has 2 rings (SSSR count). The SMILES string of the molecule is CCCCCCCC1CC(=O)N[C@H](CC(C)C)C(=O)NC(CO)C(=O)N[C@@H]([C@@H](C)O)C(=O)NC(Cc2ccccc2)C(=O)N[C@@H]([C@@H](C)CC)C(=O)O1. The van der Waals surface area contributed by atoms with Crippen molar-refractivity contribution in [1.82, 2.24) is 26.6 Å². The van der Waals surface area contributed by atoms with Crippen LogP contribution in [0.3, 0.4) is 0 Å². The van der Waals surface area contributed by atoms with E-state index in [1.807, 2.05) is 20.8 Å². The van der Waals surface area contributed by atoms with Crippen LogP contribution in [0.2, 0.25) is 0 Å². The Morgan fingerprint density at radius 2 is 1.33 bits per heavy atom. The van der Waals surface area contributed by atoms with Crippen molar-refractivity contribution in [3.63, 3.8) is 0 Å². The lowest BCUT2D eigenvalue weighted by atomic mass is 9.97. The van der Waals surface area contributed by atoms with Gasteiger partial charge in [0.15, 0.2) is 0 Å². The lowest BCUT2D eigenvalue weighted by Crippen LogP contribution is -2.62. The lowest BCUT2D eigenvalue weighted by Gasteiger charge is -2.29. The van der Waals surface area contributed by atoms with Crippen LogP contribution in [0.5, 0.6) is 0 Å². The van der Waals surface area contributed by atoms with Crippen molar-refractivity contribution in [2.45, 2.75) is 148 Å². The average Bonchev–Trinajstić information content (AvgIpc) is 3.09. The summed E-state index contributed by atoms with van der Waals surface area (Å²) in [5.41, 5.74) is 0.690. The molecule has 1 aromatic carbocycles. The first-order valence-corrected chi connectivity index (χ1v) is 18.7. The highest BCUT2D eigenvalue weighted by atomic mass is 16.5. The van der Waals surface area contributed by atoms with E-state index in [9.17, 15) is 39.0 Å². The zero-order chi connectivity index (χ0) is 38.8. The predicted octanol–water partition coefficient (Wildman–Crippen LogP) is 1.79. The topological polar surface area (TPSA) is 212 Å². The Kier molecular flexibility index (Phi) is 19.3. The number of hydrogen-bond acceptors (Lipinski definition) is 9. The second-order valence-electron chi connectivity index (χ2n) is 14.3. The highest BCUT2D eigenvalue weighted by molar-refractivity contribution is 5.96. The number of esters is 1. The van der Waals surface area contributed by atoms with Gasteiger partial charge in [-0.3, -0.25) is 24.0 Å². The van der Waals surface area contributed by atoms with Crippen LogP contribution in [0.15, 0.2) is 30.3 Å². The normalized spacial score (nSPS) is 25.6. The Hall–Kier alpha value is -4.04. The molecule has 1 heterocycles. The number of carbonyl (C=O) groups excluding carboxylic acids is 6. The van der Waals surface area contributed by atoms with Crippen molar-refractivity contribution in [3.05, 3.63) is 35.9 Å². The van der Waals surface area contributed by atoms with Gasteiger partial charge in [0, 0.05) is 6.42 Å². The summed E-state index contributed by atoms with van der Waals surface area (Å²) in [5.74, 6) is -5.04. The monoisotopic (exact) mass is 731 g/mol. The van der Waals surface area contributed by atoms with Crippen molar-refractivity contribution in [2.24, 2.45) is 11.8 Å². The molecule has 1 fully saturated rings. The van der Waals surface area contributed by atoms with Gasteiger partial charge in [-0.2, -0.15) is 0 Å². The number of amides is 5. The lowest BCUT2D eigenvalue weighted by molar-refractivity contribution is -0.156. The van der Waals surface area contributed by atoms with Gasteiger partial charge in [-0.05, 0) is 43.6 Å². The Bertz CT molecular complexity index is 1310. The third-order valence-corrected chi connectivity index (χ3v) is 9.24. The van der Waals surface area contributed by atoms with Gasteiger partial charge in [-0.1, -0.05) is 97.1 Å². The zero-order valence-electron chi connectivity index (χ0n) is 31.6. The van der Waals surface area contributed by atoms with Gasteiger partial charge >= 0.3 is 5.97 Å².